The second kappa shape index (κ2) is 8.13. The molecule has 1 atom stereocenters. The summed E-state index contributed by atoms with van der Waals surface area (Å²) >= 11 is 12.3. The summed E-state index contributed by atoms with van der Waals surface area (Å²) < 4.78 is 11.6. The molecule has 0 radical (unpaired) electrons. The van der Waals surface area contributed by atoms with Crippen LogP contribution in [-0.4, -0.2) is 19.1 Å². The summed E-state index contributed by atoms with van der Waals surface area (Å²) in [6.45, 7) is 0.167. The van der Waals surface area contributed by atoms with Crippen molar-refractivity contribution in [3.63, 3.8) is 0 Å². The largest absolute Gasteiger partial charge is 0.489 e. The van der Waals surface area contributed by atoms with Crippen molar-refractivity contribution in [3.8, 4) is 11.5 Å². The lowest BCUT2D eigenvalue weighted by Crippen LogP contribution is -2.43. The molecule has 1 aliphatic heterocycles. The van der Waals surface area contributed by atoms with Crippen molar-refractivity contribution in [1.82, 2.24) is 0 Å². The molecule has 0 aromatic heterocycles. The van der Waals surface area contributed by atoms with E-state index >= 15 is 0 Å². The van der Waals surface area contributed by atoms with Gasteiger partial charge >= 0.3 is 0 Å². The molecule has 142 valence electrons. The van der Waals surface area contributed by atoms with Crippen molar-refractivity contribution in [3.05, 3.63) is 88.4 Å². The number of rotatable bonds is 4. The molecule has 0 fully saturated rings. The Morgan fingerprint density at radius 3 is 2.39 bits per heavy atom. The minimum Gasteiger partial charge on any atom is -0.489 e. The number of amides is 1. The van der Waals surface area contributed by atoms with E-state index in [2.05, 4.69) is 0 Å². The summed E-state index contributed by atoms with van der Waals surface area (Å²) in [5.41, 5.74) is 1.70. The molecule has 0 aliphatic carbocycles. The zero-order chi connectivity index (χ0) is 19.5. The first kappa shape index (κ1) is 18.7. The van der Waals surface area contributed by atoms with Gasteiger partial charge < -0.3 is 9.47 Å². The van der Waals surface area contributed by atoms with Crippen LogP contribution in [0, 0.1) is 0 Å². The lowest BCUT2D eigenvalue weighted by Gasteiger charge is -2.37. The maximum absolute atomic E-state index is 13.2. The van der Waals surface area contributed by atoms with Gasteiger partial charge in [-0.1, -0.05) is 71.7 Å². The third-order valence-electron chi connectivity index (χ3n) is 4.55. The topological polar surface area (TPSA) is 38.8 Å². The molecule has 0 bridgehead atoms. The molecule has 0 saturated heterocycles. The van der Waals surface area contributed by atoms with Gasteiger partial charge in [0.05, 0.1) is 21.8 Å². The highest BCUT2D eigenvalue weighted by molar-refractivity contribution is 6.37. The van der Waals surface area contributed by atoms with Gasteiger partial charge in [-0.3, -0.25) is 9.69 Å². The van der Waals surface area contributed by atoms with E-state index in [9.17, 15) is 4.79 Å². The molecule has 1 amide bonds. The Balaban J connectivity index is 1.64. The van der Waals surface area contributed by atoms with Gasteiger partial charge in [0.25, 0.3) is 5.91 Å². The van der Waals surface area contributed by atoms with E-state index in [4.69, 9.17) is 32.7 Å². The Hall–Kier alpha value is -2.69. The molecule has 0 saturated carbocycles. The normalized spacial score (nSPS) is 15.5. The highest BCUT2D eigenvalue weighted by Crippen LogP contribution is 2.39. The van der Waals surface area contributed by atoms with Crippen LogP contribution in [0.5, 0.6) is 11.5 Å². The molecule has 4 nitrogen and oxygen atoms in total. The van der Waals surface area contributed by atoms with E-state index in [-0.39, 0.29) is 18.6 Å². The fraction of sp³-hybridized carbons (Fsp3) is 0.136. The van der Waals surface area contributed by atoms with Crippen molar-refractivity contribution < 1.29 is 14.3 Å². The number of carbonyl (C=O) groups is 1. The number of halogens is 2. The molecule has 3 aromatic rings. The minimum atomic E-state index is -0.256. The zero-order valence-corrected chi connectivity index (χ0v) is 16.4. The summed E-state index contributed by atoms with van der Waals surface area (Å²) in [7, 11) is 0. The van der Waals surface area contributed by atoms with Gasteiger partial charge in [-0.25, -0.2) is 0 Å². The number of anilines is 1. The smallest absolute Gasteiger partial charge is 0.265 e. The first-order chi connectivity index (χ1) is 13.6. The lowest BCUT2D eigenvalue weighted by molar-refractivity contribution is -0.121. The second-order valence-corrected chi connectivity index (χ2v) is 7.12. The number of carbonyl (C=O) groups excluding carboxylic acids is 1. The van der Waals surface area contributed by atoms with E-state index < -0.39 is 0 Å². The summed E-state index contributed by atoms with van der Waals surface area (Å²) in [6, 6.07) is 22.1. The van der Waals surface area contributed by atoms with Crippen molar-refractivity contribution in [2.45, 2.75) is 6.04 Å². The number of hydrogen-bond donors (Lipinski definition) is 0. The van der Waals surface area contributed by atoms with E-state index in [1.165, 1.54) is 0 Å². The van der Waals surface area contributed by atoms with Crippen LogP contribution in [0.25, 0.3) is 0 Å². The second-order valence-electron chi connectivity index (χ2n) is 6.31. The molecule has 0 N–H and O–H groups in total. The molecule has 1 heterocycles. The number of fused-ring (bicyclic) bond motifs is 1. The van der Waals surface area contributed by atoms with Crippen LogP contribution in [0.2, 0.25) is 10.0 Å². The Morgan fingerprint density at radius 2 is 1.64 bits per heavy atom. The van der Waals surface area contributed by atoms with Crippen molar-refractivity contribution in [2.24, 2.45) is 0 Å². The average Bonchev–Trinajstić information content (AvgIpc) is 2.73. The molecular weight excluding hydrogens is 397 g/mol. The van der Waals surface area contributed by atoms with Gasteiger partial charge in [0, 0.05) is 0 Å². The van der Waals surface area contributed by atoms with Gasteiger partial charge in [0.2, 0.25) is 0 Å². The minimum absolute atomic E-state index is 0.193. The predicted octanol–water partition coefficient (Wildman–Crippen LogP) is 5.54. The Kier molecular flexibility index (Phi) is 5.42. The first-order valence-corrected chi connectivity index (χ1v) is 9.56. The van der Waals surface area contributed by atoms with Crippen LogP contribution in [-0.2, 0) is 4.79 Å². The Labute approximate surface area is 173 Å². The third-order valence-corrected chi connectivity index (χ3v) is 5.14. The Bertz CT molecular complexity index is 974. The van der Waals surface area contributed by atoms with Crippen molar-refractivity contribution in [1.29, 1.82) is 0 Å². The van der Waals surface area contributed by atoms with Crippen LogP contribution in [0.4, 0.5) is 5.69 Å². The number of hydrogen-bond acceptors (Lipinski definition) is 3. The summed E-state index contributed by atoms with van der Waals surface area (Å²) in [5.74, 6) is 0.761. The molecule has 4 rings (SSSR count). The average molecular weight is 414 g/mol. The zero-order valence-electron chi connectivity index (χ0n) is 14.8. The molecule has 28 heavy (non-hydrogen) atoms. The first-order valence-electron chi connectivity index (χ1n) is 8.81. The van der Waals surface area contributed by atoms with Gasteiger partial charge in [-0.15, -0.1) is 0 Å². The number of nitrogens with zero attached hydrogens (tertiary/aromatic N) is 1. The van der Waals surface area contributed by atoms with E-state index in [0.717, 1.165) is 5.56 Å². The number of para-hydroxylation sites is 3. The van der Waals surface area contributed by atoms with Crippen LogP contribution < -0.4 is 14.4 Å². The van der Waals surface area contributed by atoms with Gasteiger partial charge in [-0.05, 0) is 29.8 Å². The lowest BCUT2D eigenvalue weighted by atomic mass is 10.0. The van der Waals surface area contributed by atoms with Crippen molar-refractivity contribution >= 4 is 34.8 Å². The Morgan fingerprint density at radius 1 is 0.964 bits per heavy atom. The summed E-state index contributed by atoms with van der Waals surface area (Å²) in [5, 5.41) is 0.726. The monoisotopic (exact) mass is 413 g/mol. The van der Waals surface area contributed by atoms with Crippen molar-refractivity contribution in [2.75, 3.05) is 18.1 Å². The van der Waals surface area contributed by atoms with Crippen LogP contribution in [0.15, 0.2) is 72.8 Å². The number of ether oxygens (including phenoxy) is 2. The molecule has 6 heteroatoms. The van der Waals surface area contributed by atoms with Gasteiger partial charge in [0.15, 0.2) is 12.4 Å². The fourth-order valence-corrected chi connectivity index (χ4v) is 3.75. The third kappa shape index (κ3) is 3.66. The molecule has 0 spiro atoms. The quantitative estimate of drug-likeness (QED) is 0.563. The van der Waals surface area contributed by atoms with Crippen LogP contribution in [0.1, 0.15) is 11.6 Å². The highest BCUT2D eigenvalue weighted by Gasteiger charge is 2.33. The van der Waals surface area contributed by atoms with E-state index in [1.54, 1.807) is 23.1 Å². The van der Waals surface area contributed by atoms with Gasteiger partial charge in [-0.2, -0.15) is 0 Å². The molecule has 1 aliphatic rings. The SMILES string of the molecule is O=C(COc1c(Cl)cccc1Cl)N1c2ccccc2OCC1c1ccccc1. The summed E-state index contributed by atoms with van der Waals surface area (Å²) in [6.07, 6.45) is 0. The molecule has 3 aromatic carbocycles. The maximum Gasteiger partial charge on any atom is 0.265 e. The molecule has 1 unspecified atom stereocenters. The maximum atomic E-state index is 13.2. The van der Waals surface area contributed by atoms with Crippen LogP contribution >= 0.6 is 23.2 Å². The summed E-state index contributed by atoms with van der Waals surface area (Å²) in [4.78, 5) is 14.9. The van der Waals surface area contributed by atoms with E-state index in [1.807, 2.05) is 54.6 Å². The fourth-order valence-electron chi connectivity index (χ4n) is 3.24. The molecular formula is C22H17Cl2NO3. The highest BCUT2D eigenvalue weighted by atomic mass is 35.5. The standard InChI is InChI=1S/C22H17Cl2NO3/c23-16-9-6-10-17(24)22(16)28-14-21(26)25-18-11-4-5-12-20(18)27-13-19(25)15-7-2-1-3-8-15/h1-12,19H,13-14H2. The number of benzene rings is 3. The van der Waals surface area contributed by atoms with E-state index in [0.29, 0.717) is 33.8 Å². The van der Waals surface area contributed by atoms with Crippen LogP contribution in [0.3, 0.4) is 0 Å². The predicted molar refractivity (Wildman–Crippen MR) is 111 cm³/mol. The van der Waals surface area contributed by atoms with Gasteiger partial charge in [0.1, 0.15) is 12.4 Å².